The predicted octanol–water partition coefficient (Wildman–Crippen LogP) is 3.85. The first-order chi connectivity index (χ1) is 16.7. The number of phenolic OH excluding ortho intramolecular Hbond substituents is 1. The van der Waals surface area contributed by atoms with Crippen LogP contribution in [0.2, 0.25) is 5.02 Å². The number of piperazine rings is 1. The standard InChI is InChI=1S/C24H19ClFN5O4/c25-17-11-16-20(19(26)18(17)15-10-13(32)9-12-3-1-2-4-14(12)15)28-22(21(27)33)29-23(16)30-5-7-31(8-6-30)24(34)35/h1-4,9-11,32H,5-8H2,(H2,27,33)(H,34,35). The van der Waals surface area contributed by atoms with Gasteiger partial charge in [0, 0.05) is 37.1 Å². The first kappa shape index (κ1) is 22.6. The van der Waals surface area contributed by atoms with Gasteiger partial charge < -0.3 is 25.7 Å². The number of carbonyl (C=O) groups is 2. The van der Waals surface area contributed by atoms with Crippen LogP contribution in [0.15, 0.2) is 42.5 Å². The SMILES string of the molecule is NC(=O)c1nc(N2CCN(C(=O)O)CC2)c2cc(Cl)c(-c3cc(O)cc4ccccc34)c(F)c2n1. The largest absolute Gasteiger partial charge is 0.508 e. The van der Waals surface area contributed by atoms with Crippen LogP contribution in [0, 0.1) is 5.82 Å². The van der Waals surface area contributed by atoms with Gasteiger partial charge in [0.15, 0.2) is 5.82 Å². The summed E-state index contributed by atoms with van der Waals surface area (Å²) in [5.74, 6) is -1.93. The van der Waals surface area contributed by atoms with Gasteiger partial charge in [-0.2, -0.15) is 0 Å². The van der Waals surface area contributed by atoms with Crippen LogP contribution in [0.3, 0.4) is 0 Å². The van der Waals surface area contributed by atoms with Crippen LogP contribution in [0.25, 0.3) is 32.8 Å². The van der Waals surface area contributed by atoms with E-state index in [-0.39, 0.29) is 65.1 Å². The Kier molecular flexibility index (Phi) is 5.52. The number of amides is 2. The lowest BCUT2D eigenvalue weighted by Gasteiger charge is -2.34. The van der Waals surface area contributed by atoms with Gasteiger partial charge in [0.25, 0.3) is 5.91 Å². The number of hydrogen-bond acceptors (Lipinski definition) is 6. The molecule has 9 nitrogen and oxygen atoms in total. The van der Waals surface area contributed by atoms with E-state index < -0.39 is 17.8 Å². The minimum absolute atomic E-state index is 0.0158. The average Bonchev–Trinajstić information content (AvgIpc) is 2.83. The van der Waals surface area contributed by atoms with Gasteiger partial charge in [0.05, 0.1) is 5.02 Å². The Morgan fingerprint density at radius 2 is 1.74 bits per heavy atom. The third-order valence-electron chi connectivity index (χ3n) is 6.05. The number of carbonyl (C=O) groups excluding carboxylic acids is 1. The van der Waals surface area contributed by atoms with Gasteiger partial charge >= 0.3 is 6.09 Å². The fraction of sp³-hybridized carbons (Fsp3) is 0.167. The van der Waals surface area contributed by atoms with Crippen molar-refractivity contribution in [1.82, 2.24) is 14.9 Å². The number of anilines is 1. The van der Waals surface area contributed by atoms with Crippen LogP contribution >= 0.6 is 11.6 Å². The van der Waals surface area contributed by atoms with Crippen LogP contribution in [-0.2, 0) is 0 Å². The Balaban J connectivity index is 1.74. The topological polar surface area (TPSA) is 133 Å². The Labute approximate surface area is 203 Å². The number of benzene rings is 3. The maximum absolute atomic E-state index is 16.1. The quantitative estimate of drug-likeness (QED) is 0.393. The number of nitrogens with zero attached hydrogens (tertiary/aromatic N) is 4. The normalized spacial score (nSPS) is 14.0. The van der Waals surface area contributed by atoms with Crippen LogP contribution in [0.4, 0.5) is 15.0 Å². The molecule has 35 heavy (non-hydrogen) atoms. The van der Waals surface area contributed by atoms with Crippen molar-refractivity contribution in [3.8, 4) is 16.9 Å². The van der Waals surface area contributed by atoms with Gasteiger partial charge in [-0.3, -0.25) is 4.79 Å². The molecule has 0 atom stereocenters. The van der Waals surface area contributed by atoms with Gasteiger partial charge in [-0.1, -0.05) is 35.9 Å². The second-order valence-electron chi connectivity index (χ2n) is 8.15. The van der Waals surface area contributed by atoms with E-state index in [4.69, 9.17) is 17.3 Å². The highest BCUT2D eigenvalue weighted by molar-refractivity contribution is 6.35. The molecule has 11 heteroatoms. The van der Waals surface area contributed by atoms with E-state index in [1.807, 2.05) is 0 Å². The Hall–Kier alpha value is -4.18. The number of rotatable bonds is 3. The number of aromatic nitrogens is 2. The molecule has 0 unspecified atom stereocenters. The summed E-state index contributed by atoms with van der Waals surface area (Å²) < 4.78 is 16.1. The molecule has 0 saturated carbocycles. The van der Waals surface area contributed by atoms with Crippen molar-refractivity contribution in [1.29, 1.82) is 0 Å². The van der Waals surface area contributed by atoms with Gasteiger partial charge in [-0.25, -0.2) is 19.2 Å². The summed E-state index contributed by atoms with van der Waals surface area (Å²) in [5, 5.41) is 21.2. The third-order valence-corrected chi connectivity index (χ3v) is 6.35. The first-order valence-corrected chi connectivity index (χ1v) is 11.1. The molecule has 1 aliphatic heterocycles. The van der Waals surface area contributed by atoms with E-state index in [0.717, 1.165) is 0 Å². The van der Waals surface area contributed by atoms with Crippen molar-refractivity contribution in [2.75, 3.05) is 31.1 Å². The monoisotopic (exact) mass is 495 g/mol. The van der Waals surface area contributed by atoms with Gasteiger partial charge in [-0.15, -0.1) is 0 Å². The van der Waals surface area contributed by atoms with Crippen LogP contribution < -0.4 is 10.6 Å². The second-order valence-corrected chi connectivity index (χ2v) is 8.56. The fourth-order valence-electron chi connectivity index (χ4n) is 4.39. The fourth-order valence-corrected chi connectivity index (χ4v) is 4.68. The van der Waals surface area contributed by atoms with E-state index in [2.05, 4.69) is 9.97 Å². The Morgan fingerprint density at radius 1 is 1.03 bits per heavy atom. The molecule has 0 aliphatic carbocycles. The van der Waals surface area contributed by atoms with Crippen LogP contribution in [-0.4, -0.2) is 63.3 Å². The zero-order chi connectivity index (χ0) is 24.9. The molecular weight excluding hydrogens is 477 g/mol. The molecule has 1 saturated heterocycles. The van der Waals surface area contributed by atoms with Crippen LogP contribution in [0.5, 0.6) is 5.75 Å². The Bertz CT molecular complexity index is 1520. The highest BCUT2D eigenvalue weighted by Gasteiger charge is 2.27. The molecule has 0 bridgehead atoms. The maximum atomic E-state index is 16.1. The summed E-state index contributed by atoms with van der Waals surface area (Å²) in [7, 11) is 0. The van der Waals surface area contributed by atoms with E-state index in [0.29, 0.717) is 16.3 Å². The molecule has 2 heterocycles. The molecule has 0 spiro atoms. The molecule has 4 N–H and O–H groups in total. The minimum atomic E-state index is -1.04. The highest BCUT2D eigenvalue weighted by Crippen LogP contribution is 2.42. The average molecular weight is 496 g/mol. The summed E-state index contributed by atoms with van der Waals surface area (Å²) in [6.45, 7) is 0.955. The van der Waals surface area contributed by atoms with E-state index in [9.17, 15) is 19.8 Å². The molecule has 3 aromatic carbocycles. The van der Waals surface area contributed by atoms with Crippen LogP contribution in [0.1, 0.15) is 10.6 Å². The minimum Gasteiger partial charge on any atom is -0.508 e. The molecule has 4 aromatic rings. The lowest BCUT2D eigenvalue weighted by Crippen LogP contribution is -2.48. The number of halogens is 2. The van der Waals surface area contributed by atoms with E-state index in [1.54, 1.807) is 35.2 Å². The van der Waals surface area contributed by atoms with E-state index >= 15 is 4.39 Å². The number of aromatic hydroxyl groups is 1. The first-order valence-electron chi connectivity index (χ1n) is 10.7. The number of phenols is 1. The van der Waals surface area contributed by atoms with Gasteiger partial charge in [0.2, 0.25) is 5.82 Å². The zero-order valence-corrected chi connectivity index (χ0v) is 19.0. The summed E-state index contributed by atoms with van der Waals surface area (Å²) in [5.41, 5.74) is 5.66. The summed E-state index contributed by atoms with van der Waals surface area (Å²) in [6, 6.07) is 11.6. The van der Waals surface area contributed by atoms with Crippen molar-refractivity contribution >= 4 is 51.1 Å². The van der Waals surface area contributed by atoms with Crippen molar-refractivity contribution in [2.45, 2.75) is 0 Å². The van der Waals surface area contributed by atoms with Crippen molar-refractivity contribution in [2.24, 2.45) is 5.73 Å². The number of fused-ring (bicyclic) bond motifs is 2. The smallest absolute Gasteiger partial charge is 0.407 e. The molecular formula is C24H19ClFN5O4. The van der Waals surface area contributed by atoms with Gasteiger partial charge in [-0.05, 0) is 34.5 Å². The molecule has 1 aromatic heterocycles. The summed E-state index contributed by atoms with van der Waals surface area (Å²) >= 11 is 6.60. The third kappa shape index (κ3) is 3.91. The van der Waals surface area contributed by atoms with E-state index in [1.165, 1.54) is 17.0 Å². The summed E-state index contributed by atoms with van der Waals surface area (Å²) in [4.78, 5) is 34.6. The molecule has 1 fully saturated rings. The number of hydrogen-bond donors (Lipinski definition) is 3. The lowest BCUT2D eigenvalue weighted by atomic mass is 9.96. The molecule has 2 amide bonds. The number of nitrogens with two attached hydrogens (primary N) is 1. The molecule has 5 rings (SSSR count). The van der Waals surface area contributed by atoms with Crippen molar-refractivity contribution < 1.29 is 24.2 Å². The second kappa shape index (κ2) is 8.55. The zero-order valence-electron chi connectivity index (χ0n) is 18.2. The van der Waals surface area contributed by atoms with Crippen molar-refractivity contribution in [3.63, 3.8) is 0 Å². The molecule has 178 valence electrons. The predicted molar refractivity (Wildman–Crippen MR) is 129 cm³/mol. The molecule has 0 radical (unpaired) electrons. The highest BCUT2D eigenvalue weighted by atomic mass is 35.5. The van der Waals surface area contributed by atoms with Gasteiger partial charge in [0.1, 0.15) is 17.1 Å². The number of carboxylic acid groups (broad SMARTS) is 1. The summed E-state index contributed by atoms with van der Waals surface area (Å²) in [6.07, 6.45) is -1.04. The number of primary amides is 1. The molecule has 1 aliphatic rings. The van der Waals surface area contributed by atoms with Crippen molar-refractivity contribution in [3.05, 3.63) is 59.1 Å². The maximum Gasteiger partial charge on any atom is 0.407 e. The lowest BCUT2D eigenvalue weighted by molar-refractivity contribution is 0.0990. The Morgan fingerprint density at radius 3 is 2.43 bits per heavy atom.